The van der Waals surface area contributed by atoms with Crippen molar-refractivity contribution in [3.05, 3.63) is 18.1 Å². The maximum atomic E-state index is 5.92. The zero-order chi connectivity index (χ0) is 11.1. The number of hydrogen-bond donors (Lipinski definition) is 1. The first-order valence-electron chi connectivity index (χ1n) is 5.42. The molecule has 0 aromatic carbocycles. The number of nitrogens with zero attached hydrogens (tertiary/aromatic N) is 5. The van der Waals surface area contributed by atoms with Crippen molar-refractivity contribution in [2.24, 2.45) is 5.73 Å². The maximum Gasteiger partial charge on any atom is 0.254 e. The Morgan fingerprint density at radius 2 is 2.38 bits per heavy atom. The highest BCUT2D eigenvalue weighted by Crippen LogP contribution is 2.20. The minimum absolute atomic E-state index is 0.257. The van der Waals surface area contributed by atoms with Crippen LogP contribution in [-0.4, -0.2) is 38.7 Å². The zero-order valence-corrected chi connectivity index (χ0v) is 9.17. The molecule has 6 nitrogen and oxygen atoms in total. The van der Waals surface area contributed by atoms with Crippen LogP contribution in [0.2, 0.25) is 0 Å². The predicted molar refractivity (Wildman–Crippen MR) is 60.3 cm³/mol. The summed E-state index contributed by atoms with van der Waals surface area (Å²) < 4.78 is 1.77. The monoisotopic (exact) mass is 218 g/mol. The molecule has 16 heavy (non-hydrogen) atoms. The molecule has 1 fully saturated rings. The van der Waals surface area contributed by atoms with Crippen molar-refractivity contribution in [1.82, 2.24) is 19.6 Å². The minimum Gasteiger partial charge on any atom is -0.355 e. The second-order valence-electron chi connectivity index (χ2n) is 4.22. The molecule has 1 saturated heterocycles. The Morgan fingerprint density at radius 3 is 3.12 bits per heavy atom. The molecular formula is C10H14N6. The van der Waals surface area contributed by atoms with E-state index in [-0.39, 0.29) is 6.04 Å². The van der Waals surface area contributed by atoms with Crippen molar-refractivity contribution in [3.8, 4) is 0 Å². The van der Waals surface area contributed by atoms with Gasteiger partial charge in [-0.1, -0.05) is 0 Å². The van der Waals surface area contributed by atoms with Crippen molar-refractivity contribution in [2.75, 3.05) is 18.0 Å². The van der Waals surface area contributed by atoms with Crippen molar-refractivity contribution in [1.29, 1.82) is 0 Å². The molecule has 0 amide bonds. The van der Waals surface area contributed by atoms with Crippen LogP contribution in [-0.2, 0) is 0 Å². The van der Waals surface area contributed by atoms with Gasteiger partial charge in [0.1, 0.15) is 12.1 Å². The highest BCUT2D eigenvalue weighted by molar-refractivity contribution is 5.48. The van der Waals surface area contributed by atoms with E-state index >= 15 is 0 Å². The summed E-state index contributed by atoms with van der Waals surface area (Å²) in [6.45, 7) is 3.81. The van der Waals surface area contributed by atoms with Gasteiger partial charge in [0.15, 0.2) is 0 Å². The second kappa shape index (κ2) is 3.41. The Bertz CT molecular complexity index is 519. The summed E-state index contributed by atoms with van der Waals surface area (Å²) in [6.07, 6.45) is 2.55. The van der Waals surface area contributed by atoms with Gasteiger partial charge in [-0.05, 0) is 13.3 Å². The number of nitrogens with two attached hydrogens (primary N) is 1. The van der Waals surface area contributed by atoms with Crippen LogP contribution in [0.5, 0.6) is 0 Å². The van der Waals surface area contributed by atoms with Gasteiger partial charge in [-0.2, -0.15) is 14.6 Å². The lowest BCUT2D eigenvalue weighted by Crippen LogP contribution is -2.28. The molecule has 0 bridgehead atoms. The third kappa shape index (κ3) is 1.42. The van der Waals surface area contributed by atoms with Crippen LogP contribution in [0.15, 0.2) is 12.4 Å². The topological polar surface area (TPSA) is 72.3 Å². The molecule has 3 heterocycles. The lowest BCUT2D eigenvalue weighted by atomic mass is 10.3. The summed E-state index contributed by atoms with van der Waals surface area (Å²) in [7, 11) is 0. The molecule has 0 aliphatic carbocycles. The quantitative estimate of drug-likeness (QED) is 0.727. The number of fused-ring (bicyclic) bond motifs is 1. The van der Waals surface area contributed by atoms with Crippen LogP contribution < -0.4 is 10.6 Å². The number of aromatic nitrogens is 4. The summed E-state index contributed by atoms with van der Waals surface area (Å²) in [5, 5.41) is 4.19. The Balaban J connectivity index is 2.11. The molecule has 84 valence electrons. The number of anilines is 1. The van der Waals surface area contributed by atoms with Gasteiger partial charge in [-0.3, -0.25) is 0 Å². The smallest absolute Gasteiger partial charge is 0.254 e. The molecule has 0 spiro atoms. The lowest BCUT2D eigenvalue weighted by Gasteiger charge is -2.18. The van der Waals surface area contributed by atoms with E-state index in [9.17, 15) is 0 Å². The van der Waals surface area contributed by atoms with E-state index < -0.39 is 0 Å². The van der Waals surface area contributed by atoms with Gasteiger partial charge in [0, 0.05) is 30.9 Å². The first kappa shape index (κ1) is 9.53. The molecular weight excluding hydrogens is 204 g/mol. The van der Waals surface area contributed by atoms with Crippen LogP contribution in [0.25, 0.3) is 5.78 Å². The zero-order valence-electron chi connectivity index (χ0n) is 9.17. The molecule has 6 heteroatoms. The average molecular weight is 218 g/mol. The Hall–Kier alpha value is -1.69. The summed E-state index contributed by atoms with van der Waals surface area (Å²) in [5.74, 6) is 1.68. The van der Waals surface area contributed by atoms with E-state index in [0.29, 0.717) is 5.78 Å². The van der Waals surface area contributed by atoms with Gasteiger partial charge in [0.05, 0.1) is 0 Å². The standard InChI is InChI=1S/C10H14N6/c1-7-4-9(15-3-2-8(11)5-15)16-10(14-7)12-6-13-16/h4,6,8H,2-3,5,11H2,1H3. The molecule has 1 aliphatic rings. The summed E-state index contributed by atoms with van der Waals surface area (Å²) in [6, 6.07) is 2.28. The van der Waals surface area contributed by atoms with Crippen LogP contribution in [0, 0.1) is 6.92 Å². The maximum absolute atomic E-state index is 5.92. The first-order chi connectivity index (χ1) is 7.74. The van der Waals surface area contributed by atoms with E-state index in [4.69, 9.17) is 5.73 Å². The molecule has 0 radical (unpaired) electrons. The lowest BCUT2D eigenvalue weighted by molar-refractivity contribution is 0.749. The molecule has 1 atom stereocenters. The SMILES string of the molecule is Cc1cc(N2CCC(N)C2)n2ncnc2n1. The minimum atomic E-state index is 0.257. The third-order valence-electron chi connectivity index (χ3n) is 2.91. The average Bonchev–Trinajstić information content (AvgIpc) is 2.84. The summed E-state index contributed by atoms with van der Waals surface area (Å²) in [4.78, 5) is 10.7. The Morgan fingerprint density at radius 1 is 1.50 bits per heavy atom. The van der Waals surface area contributed by atoms with Crippen LogP contribution in [0.3, 0.4) is 0 Å². The molecule has 0 saturated carbocycles. The molecule has 1 unspecified atom stereocenters. The Labute approximate surface area is 93.1 Å². The van der Waals surface area contributed by atoms with Gasteiger partial charge in [0.25, 0.3) is 5.78 Å². The van der Waals surface area contributed by atoms with Gasteiger partial charge in [-0.15, -0.1) is 0 Å². The van der Waals surface area contributed by atoms with E-state index in [1.807, 2.05) is 13.0 Å². The van der Waals surface area contributed by atoms with Crippen LogP contribution in [0.1, 0.15) is 12.1 Å². The number of aryl methyl sites for hydroxylation is 1. The van der Waals surface area contributed by atoms with Crippen molar-refractivity contribution in [2.45, 2.75) is 19.4 Å². The van der Waals surface area contributed by atoms with Gasteiger partial charge < -0.3 is 10.6 Å². The van der Waals surface area contributed by atoms with E-state index in [2.05, 4.69) is 20.0 Å². The molecule has 1 aliphatic heterocycles. The van der Waals surface area contributed by atoms with Crippen molar-refractivity contribution < 1.29 is 0 Å². The largest absolute Gasteiger partial charge is 0.355 e. The second-order valence-corrected chi connectivity index (χ2v) is 4.22. The Kier molecular flexibility index (Phi) is 2.03. The fraction of sp³-hybridized carbons (Fsp3) is 0.500. The van der Waals surface area contributed by atoms with Gasteiger partial charge in [0.2, 0.25) is 0 Å². The molecule has 2 aromatic rings. The van der Waals surface area contributed by atoms with E-state index in [1.165, 1.54) is 6.33 Å². The summed E-state index contributed by atoms with van der Waals surface area (Å²) in [5.41, 5.74) is 6.87. The fourth-order valence-electron chi connectivity index (χ4n) is 2.13. The highest BCUT2D eigenvalue weighted by Gasteiger charge is 2.22. The summed E-state index contributed by atoms with van der Waals surface area (Å²) >= 11 is 0. The number of rotatable bonds is 1. The first-order valence-corrected chi connectivity index (χ1v) is 5.42. The van der Waals surface area contributed by atoms with Crippen LogP contribution >= 0.6 is 0 Å². The molecule has 2 aromatic heterocycles. The van der Waals surface area contributed by atoms with E-state index in [0.717, 1.165) is 31.0 Å². The van der Waals surface area contributed by atoms with Crippen molar-refractivity contribution >= 4 is 11.6 Å². The van der Waals surface area contributed by atoms with Crippen LogP contribution in [0.4, 0.5) is 5.82 Å². The third-order valence-corrected chi connectivity index (χ3v) is 2.91. The fourth-order valence-corrected chi connectivity index (χ4v) is 2.13. The predicted octanol–water partition coefficient (Wildman–Crippen LogP) is -0.0299. The number of hydrogen-bond acceptors (Lipinski definition) is 5. The van der Waals surface area contributed by atoms with Crippen molar-refractivity contribution in [3.63, 3.8) is 0 Å². The van der Waals surface area contributed by atoms with E-state index in [1.54, 1.807) is 4.52 Å². The highest BCUT2D eigenvalue weighted by atomic mass is 15.4. The normalized spacial score (nSPS) is 20.9. The van der Waals surface area contributed by atoms with Gasteiger partial charge >= 0.3 is 0 Å². The molecule has 3 rings (SSSR count). The van der Waals surface area contributed by atoms with Gasteiger partial charge in [-0.25, -0.2) is 4.98 Å². The molecule has 2 N–H and O–H groups in total.